The van der Waals surface area contributed by atoms with Crippen LogP contribution in [0.25, 0.3) is 0 Å². The lowest BCUT2D eigenvalue weighted by molar-refractivity contribution is 0.0784. The molecule has 1 fully saturated rings. The zero-order chi connectivity index (χ0) is 19.2. The molecule has 1 amide bonds. The molecule has 6 nitrogen and oxygen atoms in total. The smallest absolute Gasteiger partial charge is 0.254 e. The van der Waals surface area contributed by atoms with Crippen molar-refractivity contribution in [2.75, 3.05) is 52.5 Å². The van der Waals surface area contributed by atoms with E-state index in [9.17, 15) is 4.79 Å². The van der Waals surface area contributed by atoms with Crippen molar-refractivity contribution < 1.29 is 19.0 Å². The van der Waals surface area contributed by atoms with Gasteiger partial charge in [-0.25, -0.2) is 0 Å². The summed E-state index contributed by atoms with van der Waals surface area (Å²) in [7, 11) is 4.96. The van der Waals surface area contributed by atoms with E-state index in [1.54, 1.807) is 37.3 Å². The molecule has 0 radical (unpaired) electrons. The maximum Gasteiger partial charge on any atom is 0.254 e. The molecule has 27 heavy (non-hydrogen) atoms. The van der Waals surface area contributed by atoms with E-state index in [1.807, 2.05) is 19.2 Å². The third-order valence-electron chi connectivity index (χ3n) is 4.70. The first-order chi connectivity index (χ1) is 13.1. The first-order valence-electron chi connectivity index (χ1n) is 9.01. The molecule has 1 saturated heterocycles. The summed E-state index contributed by atoms with van der Waals surface area (Å²) in [6, 6.07) is 13.4. The lowest BCUT2D eigenvalue weighted by atomic mass is 10.1. The lowest BCUT2D eigenvalue weighted by Gasteiger charge is -2.31. The van der Waals surface area contributed by atoms with Gasteiger partial charge in [0.05, 0.1) is 27.4 Å². The highest BCUT2D eigenvalue weighted by molar-refractivity contribution is 5.95. The first kappa shape index (κ1) is 19.0. The van der Waals surface area contributed by atoms with Crippen molar-refractivity contribution in [2.24, 2.45) is 0 Å². The molecule has 1 aliphatic heterocycles. The molecule has 144 valence electrons. The Labute approximate surface area is 160 Å². The standard InChI is InChI=1S/C21H26N2O4/c1-22(21(24)17-12-18(25-2)14-19(13-17)26-3)15-16-6-4-5-7-20(16)23-8-10-27-11-9-23/h4-7,12-14H,8-11,15H2,1-3H3. The monoisotopic (exact) mass is 370 g/mol. The Hall–Kier alpha value is -2.73. The van der Waals surface area contributed by atoms with E-state index in [1.165, 1.54) is 0 Å². The van der Waals surface area contributed by atoms with Gasteiger partial charge in [0.2, 0.25) is 0 Å². The SMILES string of the molecule is COc1cc(OC)cc(C(=O)N(C)Cc2ccccc2N2CCOCC2)c1. The van der Waals surface area contributed by atoms with Gasteiger partial charge in [-0.1, -0.05) is 18.2 Å². The molecule has 6 heteroatoms. The van der Waals surface area contributed by atoms with Gasteiger partial charge in [-0.3, -0.25) is 4.79 Å². The van der Waals surface area contributed by atoms with Gasteiger partial charge < -0.3 is 24.0 Å². The number of nitrogens with zero attached hydrogens (tertiary/aromatic N) is 2. The summed E-state index contributed by atoms with van der Waals surface area (Å²) >= 11 is 0. The molecule has 0 N–H and O–H groups in total. The topological polar surface area (TPSA) is 51.2 Å². The number of morpholine rings is 1. The molecular weight excluding hydrogens is 344 g/mol. The molecule has 0 unspecified atom stereocenters. The van der Waals surface area contributed by atoms with Crippen LogP contribution in [0.2, 0.25) is 0 Å². The van der Waals surface area contributed by atoms with Gasteiger partial charge in [0.25, 0.3) is 5.91 Å². The fourth-order valence-electron chi connectivity index (χ4n) is 3.24. The van der Waals surface area contributed by atoms with Gasteiger partial charge >= 0.3 is 0 Å². The molecule has 3 rings (SSSR count). The summed E-state index contributed by atoms with van der Waals surface area (Å²) in [6.45, 7) is 3.70. The van der Waals surface area contributed by atoms with Gasteiger partial charge in [0.15, 0.2) is 0 Å². The minimum Gasteiger partial charge on any atom is -0.497 e. The van der Waals surface area contributed by atoms with Crippen LogP contribution in [0.15, 0.2) is 42.5 Å². The summed E-state index contributed by atoms with van der Waals surface area (Å²) in [4.78, 5) is 17.0. The Morgan fingerprint density at radius 2 is 1.70 bits per heavy atom. The molecule has 0 spiro atoms. The van der Waals surface area contributed by atoms with Crippen molar-refractivity contribution >= 4 is 11.6 Å². The van der Waals surface area contributed by atoms with Crippen LogP contribution in [-0.4, -0.2) is 58.4 Å². The average Bonchev–Trinajstić information content (AvgIpc) is 2.73. The number of methoxy groups -OCH3 is 2. The minimum atomic E-state index is -0.0796. The van der Waals surface area contributed by atoms with Crippen LogP contribution in [0.4, 0.5) is 5.69 Å². The summed E-state index contributed by atoms with van der Waals surface area (Å²) in [5.74, 6) is 1.11. The number of hydrogen-bond acceptors (Lipinski definition) is 5. The zero-order valence-corrected chi connectivity index (χ0v) is 16.1. The van der Waals surface area contributed by atoms with E-state index >= 15 is 0 Å². The number of carbonyl (C=O) groups is 1. The Balaban J connectivity index is 1.79. The first-order valence-corrected chi connectivity index (χ1v) is 9.01. The number of rotatable bonds is 6. The minimum absolute atomic E-state index is 0.0796. The normalized spacial score (nSPS) is 14.0. The Morgan fingerprint density at radius 3 is 2.33 bits per heavy atom. The van der Waals surface area contributed by atoms with Crippen LogP contribution in [0.5, 0.6) is 11.5 Å². The highest BCUT2D eigenvalue weighted by Crippen LogP contribution is 2.26. The number of carbonyl (C=O) groups excluding carboxylic acids is 1. The van der Waals surface area contributed by atoms with Crippen LogP contribution in [0.1, 0.15) is 15.9 Å². The molecule has 0 aliphatic carbocycles. The molecule has 0 bridgehead atoms. The van der Waals surface area contributed by atoms with Crippen LogP contribution in [0.3, 0.4) is 0 Å². The van der Waals surface area contributed by atoms with Gasteiger partial charge in [-0.15, -0.1) is 0 Å². The largest absolute Gasteiger partial charge is 0.497 e. The van der Waals surface area contributed by atoms with Gasteiger partial charge in [0, 0.05) is 44.0 Å². The molecular formula is C21H26N2O4. The second kappa shape index (κ2) is 8.77. The van der Waals surface area contributed by atoms with Gasteiger partial charge in [-0.05, 0) is 23.8 Å². The lowest BCUT2D eigenvalue weighted by Crippen LogP contribution is -2.37. The number of hydrogen-bond donors (Lipinski definition) is 0. The van der Waals surface area contributed by atoms with Crippen molar-refractivity contribution in [1.29, 1.82) is 0 Å². The maximum absolute atomic E-state index is 13.0. The van der Waals surface area contributed by atoms with Crippen LogP contribution in [0, 0.1) is 0 Å². The van der Waals surface area contributed by atoms with Crippen molar-refractivity contribution in [1.82, 2.24) is 4.90 Å². The van der Waals surface area contributed by atoms with Gasteiger partial charge in [0.1, 0.15) is 11.5 Å². The molecule has 0 saturated carbocycles. The molecule has 0 atom stereocenters. The molecule has 1 aliphatic rings. The van der Waals surface area contributed by atoms with Crippen molar-refractivity contribution in [3.05, 3.63) is 53.6 Å². The molecule has 1 heterocycles. The van der Waals surface area contributed by atoms with E-state index in [0.29, 0.717) is 23.6 Å². The number of benzene rings is 2. The van der Waals surface area contributed by atoms with Crippen molar-refractivity contribution in [3.8, 4) is 11.5 Å². The fraction of sp³-hybridized carbons (Fsp3) is 0.381. The highest BCUT2D eigenvalue weighted by atomic mass is 16.5. The number of amides is 1. The van der Waals surface area contributed by atoms with Crippen molar-refractivity contribution in [2.45, 2.75) is 6.54 Å². The Kier molecular flexibility index (Phi) is 6.19. The van der Waals surface area contributed by atoms with Crippen LogP contribution >= 0.6 is 0 Å². The Morgan fingerprint density at radius 1 is 1.07 bits per heavy atom. The van der Waals surface area contributed by atoms with E-state index in [4.69, 9.17) is 14.2 Å². The zero-order valence-electron chi connectivity index (χ0n) is 16.1. The summed E-state index contributed by atoms with van der Waals surface area (Å²) in [5, 5.41) is 0. The second-order valence-corrected chi connectivity index (χ2v) is 6.49. The summed E-state index contributed by atoms with van der Waals surface area (Å²) in [6.07, 6.45) is 0. The predicted octanol–water partition coefficient (Wildman–Crippen LogP) is 2.81. The van der Waals surface area contributed by atoms with E-state index in [-0.39, 0.29) is 5.91 Å². The van der Waals surface area contributed by atoms with Crippen LogP contribution in [-0.2, 0) is 11.3 Å². The summed E-state index contributed by atoms with van der Waals surface area (Å²) in [5.41, 5.74) is 2.81. The highest BCUT2D eigenvalue weighted by Gasteiger charge is 2.19. The van der Waals surface area contributed by atoms with E-state index in [0.717, 1.165) is 37.6 Å². The quantitative estimate of drug-likeness (QED) is 0.783. The van der Waals surface area contributed by atoms with E-state index < -0.39 is 0 Å². The van der Waals surface area contributed by atoms with Crippen molar-refractivity contribution in [3.63, 3.8) is 0 Å². The number of anilines is 1. The van der Waals surface area contributed by atoms with E-state index in [2.05, 4.69) is 17.0 Å². The number of ether oxygens (including phenoxy) is 3. The average molecular weight is 370 g/mol. The summed E-state index contributed by atoms with van der Waals surface area (Å²) < 4.78 is 16.0. The third-order valence-corrected chi connectivity index (χ3v) is 4.70. The van der Waals surface area contributed by atoms with Gasteiger partial charge in [-0.2, -0.15) is 0 Å². The second-order valence-electron chi connectivity index (χ2n) is 6.49. The fourth-order valence-corrected chi connectivity index (χ4v) is 3.24. The Bertz CT molecular complexity index is 765. The number of para-hydroxylation sites is 1. The van der Waals surface area contributed by atoms with Crippen LogP contribution < -0.4 is 14.4 Å². The molecule has 2 aromatic rings. The molecule has 0 aromatic heterocycles. The molecule has 2 aromatic carbocycles. The third kappa shape index (κ3) is 4.52. The maximum atomic E-state index is 13.0. The predicted molar refractivity (Wildman–Crippen MR) is 105 cm³/mol.